The quantitative estimate of drug-likeness (QED) is 0.768. The molecule has 0 spiro atoms. The van der Waals surface area contributed by atoms with Gasteiger partial charge >= 0.3 is 0 Å². The molecule has 0 bridgehead atoms. The van der Waals surface area contributed by atoms with Gasteiger partial charge in [-0.1, -0.05) is 12.1 Å². The van der Waals surface area contributed by atoms with E-state index in [1.807, 2.05) is 24.3 Å². The molecule has 2 N–H and O–H groups in total. The van der Waals surface area contributed by atoms with Gasteiger partial charge in [-0.05, 0) is 24.4 Å². The Morgan fingerprint density at radius 3 is 2.41 bits per heavy atom. The largest absolute Gasteiger partial charge is 0.494 e. The summed E-state index contributed by atoms with van der Waals surface area (Å²) in [5, 5.41) is 11.3. The zero-order valence-electron chi connectivity index (χ0n) is 8.54. The standard InChI is InChI=1S/C11H7N3OS2/c15-10-8(17-11(16)14-10)5-9-12-6-3-1-2-4-7(6)13-9/h1-5,15H,(H,14,16). The van der Waals surface area contributed by atoms with Crippen LogP contribution in [0.25, 0.3) is 6.08 Å². The zero-order chi connectivity index (χ0) is 11.8. The van der Waals surface area contributed by atoms with Gasteiger partial charge in [0.05, 0.1) is 15.6 Å². The summed E-state index contributed by atoms with van der Waals surface area (Å²) in [5.41, 5.74) is 0. The maximum Gasteiger partial charge on any atom is 0.208 e. The summed E-state index contributed by atoms with van der Waals surface area (Å²) in [6.45, 7) is 0. The van der Waals surface area contributed by atoms with E-state index in [4.69, 9.17) is 12.2 Å². The highest BCUT2D eigenvalue weighted by atomic mass is 32.1. The highest BCUT2D eigenvalue weighted by Gasteiger charge is 2.06. The molecule has 84 valence electrons. The molecule has 0 saturated heterocycles. The number of aromatic nitrogens is 1. The molecule has 6 heteroatoms. The van der Waals surface area contributed by atoms with Gasteiger partial charge in [-0.15, -0.1) is 11.3 Å². The number of H-pyrrole nitrogens is 1. The number of aromatic amines is 1. The fourth-order valence-electron chi connectivity index (χ4n) is 1.54. The Hall–Kier alpha value is -1.79. The summed E-state index contributed by atoms with van der Waals surface area (Å²) in [4.78, 5) is 12.0. The summed E-state index contributed by atoms with van der Waals surface area (Å²) < 4.78 is 0.532. The van der Waals surface area contributed by atoms with Crippen LogP contribution in [0.15, 0.2) is 40.1 Å². The van der Waals surface area contributed by atoms with Crippen molar-refractivity contribution in [2.45, 2.75) is 0 Å². The molecule has 0 aliphatic carbocycles. The van der Waals surface area contributed by atoms with Crippen LogP contribution in [0.3, 0.4) is 0 Å². The highest BCUT2D eigenvalue weighted by molar-refractivity contribution is 7.73. The number of para-hydroxylation sites is 2. The second-order valence-corrected chi connectivity index (χ2v) is 5.16. The topological polar surface area (TPSA) is 60.7 Å². The minimum atomic E-state index is 0.0638. The minimum Gasteiger partial charge on any atom is -0.494 e. The maximum absolute atomic E-state index is 9.57. The third-order valence-electron chi connectivity index (χ3n) is 2.27. The molecule has 0 radical (unpaired) electrons. The smallest absolute Gasteiger partial charge is 0.208 e. The average Bonchev–Trinajstić information content (AvgIpc) is 2.82. The van der Waals surface area contributed by atoms with Crippen LogP contribution in [-0.4, -0.2) is 10.1 Å². The number of nitrogens with one attached hydrogen (secondary N) is 1. The molecule has 0 saturated carbocycles. The molecule has 0 fully saturated rings. The van der Waals surface area contributed by atoms with Crippen molar-refractivity contribution in [3.63, 3.8) is 0 Å². The van der Waals surface area contributed by atoms with Crippen LogP contribution in [-0.2, 0) is 0 Å². The molecule has 0 unspecified atom stereocenters. The normalized spacial score (nSPS) is 12.8. The number of hydrogen-bond donors (Lipinski definition) is 2. The molecular formula is C11H7N3OS2. The van der Waals surface area contributed by atoms with E-state index >= 15 is 0 Å². The van der Waals surface area contributed by atoms with E-state index in [1.165, 1.54) is 11.3 Å². The average molecular weight is 261 g/mol. The lowest BCUT2D eigenvalue weighted by molar-refractivity contribution is 0.455. The van der Waals surface area contributed by atoms with Crippen molar-refractivity contribution in [2.75, 3.05) is 0 Å². The Bertz CT molecular complexity index is 749. The summed E-state index contributed by atoms with van der Waals surface area (Å²) in [6, 6.07) is 7.63. The monoisotopic (exact) mass is 261 g/mol. The first-order valence-corrected chi connectivity index (χ1v) is 6.11. The van der Waals surface area contributed by atoms with E-state index in [2.05, 4.69) is 15.0 Å². The van der Waals surface area contributed by atoms with Crippen molar-refractivity contribution >= 4 is 29.6 Å². The second-order valence-electron chi connectivity index (χ2n) is 3.44. The first kappa shape index (κ1) is 10.4. The molecule has 1 aromatic heterocycles. The van der Waals surface area contributed by atoms with Gasteiger partial charge in [-0.3, -0.25) is 0 Å². The zero-order valence-corrected chi connectivity index (χ0v) is 10.2. The predicted molar refractivity (Wildman–Crippen MR) is 67.9 cm³/mol. The van der Waals surface area contributed by atoms with Gasteiger partial charge in [-0.2, -0.15) is 0 Å². The number of hydrogen-bond acceptors (Lipinski definition) is 5. The second kappa shape index (κ2) is 3.90. The van der Waals surface area contributed by atoms with Crippen molar-refractivity contribution < 1.29 is 5.11 Å². The van der Waals surface area contributed by atoms with Gasteiger partial charge in [-0.25, -0.2) is 9.98 Å². The summed E-state index contributed by atoms with van der Waals surface area (Å²) >= 11 is 6.24. The van der Waals surface area contributed by atoms with Crippen LogP contribution in [0.5, 0.6) is 5.88 Å². The first-order chi connectivity index (χ1) is 8.22. The van der Waals surface area contributed by atoms with Crippen molar-refractivity contribution in [3.8, 4) is 5.88 Å². The van der Waals surface area contributed by atoms with Crippen LogP contribution in [0, 0.1) is 3.95 Å². The Morgan fingerprint density at radius 2 is 1.88 bits per heavy atom. The SMILES string of the molecule is Oc1[nH]c(=S)sc1C=C1N=c2ccccc2=N1. The molecule has 17 heavy (non-hydrogen) atoms. The molecular weight excluding hydrogens is 254 g/mol. The number of nitrogens with zero attached hydrogens (tertiary/aromatic N) is 2. The van der Waals surface area contributed by atoms with Crippen LogP contribution in [0.1, 0.15) is 4.88 Å². The number of thiazole rings is 1. The molecule has 2 heterocycles. The van der Waals surface area contributed by atoms with Crippen molar-refractivity contribution in [1.29, 1.82) is 0 Å². The fourth-order valence-corrected chi connectivity index (χ4v) is 2.56. The Labute approximate surface area is 105 Å². The molecule has 0 amide bonds. The lowest BCUT2D eigenvalue weighted by atomic mass is 10.3. The van der Waals surface area contributed by atoms with Gasteiger partial charge in [0.25, 0.3) is 0 Å². The molecule has 4 nitrogen and oxygen atoms in total. The van der Waals surface area contributed by atoms with E-state index in [0.717, 1.165) is 10.7 Å². The molecule has 1 aliphatic heterocycles. The Morgan fingerprint density at radius 1 is 1.24 bits per heavy atom. The van der Waals surface area contributed by atoms with Gasteiger partial charge in [0.2, 0.25) is 5.88 Å². The first-order valence-electron chi connectivity index (χ1n) is 4.89. The maximum atomic E-state index is 9.57. The summed E-state index contributed by atoms with van der Waals surface area (Å²) in [6.07, 6.45) is 1.71. The molecule has 0 atom stereocenters. The van der Waals surface area contributed by atoms with E-state index in [0.29, 0.717) is 14.7 Å². The van der Waals surface area contributed by atoms with Gasteiger partial charge in [0, 0.05) is 6.08 Å². The molecule has 1 aromatic carbocycles. The molecule has 3 rings (SSSR count). The van der Waals surface area contributed by atoms with Crippen LogP contribution in [0.2, 0.25) is 0 Å². The van der Waals surface area contributed by atoms with E-state index in [-0.39, 0.29) is 5.88 Å². The van der Waals surface area contributed by atoms with Crippen molar-refractivity contribution in [1.82, 2.24) is 4.98 Å². The molecule has 2 aromatic rings. The third-order valence-corrected chi connectivity index (χ3v) is 3.44. The van der Waals surface area contributed by atoms with Crippen molar-refractivity contribution in [2.24, 2.45) is 9.98 Å². The van der Waals surface area contributed by atoms with Gasteiger partial charge < -0.3 is 10.1 Å². The number of benzene rings is 1. The fraction of sp³-hybridized carbons (Fsp3) is 0. The number of aromatic hydroxyl groups is 1. The summed E-state index contributed by atoms with van der Waals surface area (Å²) in [5.74, 6) is 0.639. The predicted octanol–water partition coefficient (Wildman–Crippen LogP) is 1.76. The van der Waals surface area contributed by atoms with E-state index in [1.54, 1.807) is 6.08 Å². The molecule has 1 aliphatic rings. The number of rotatable bonds is 1. The minimum absolute atomic E-state index is 0.0638. The summed E-state index contributed by atoms with van der Waals surface area (Å²) in [7, 11) is 0. The van der Waals surface area contributed by atoms with E-state index < -0.39 is 0 Å². The van der Waals surface area contributed by atoms with Gasteiger partial charge in [0.15, 0.2) is 9.78 Å². The lowest BCUT2D eigenvalue weighted by Gasteiger charge is -1.88. The van der Waals surface area contributed by atoms with Crippen molar-refractivity contribution in [3.05, 3.63) is 49.6 Å². The Balaban J connectivity index is 2.12. The Kier molecular flexibility index (Phi) is 2.38. The van der Waals surface area contributed by atoms with Crippen LogP contribution >= 0.6 is 23.6 Å². The highest BCUT2D eigenvalue weighted by Crippen LogP contribution is 2.24. The van der Waals surface area contributed by atoms with Crippen LogP contribution < -0.4 is 10.7 Å². The van der Waals surface area contributed by atoms with Gasteiger partial charge in [0.1, 0.15) is 0 Å². The van der Waals surface area contributed by atoms with Crippen LogP contribution in [0.4, 0.5) is 0 Å². The third kappa shape index (κ3) is 1.92. The number of fused-ring (bicyclic) bond motifs is 1. The lowest BCUT2D eigenvalue weighted by Crippen LogP contribution is -2.19. The van der Waals surface area contributed by atoms with E-state index in [9.17, 15) is 5.11 Å².